The van der Waals surface area contributed by atoms with Crippen molar-refractivity contribution >= 4 is 44.2 Å². The number of rotatable bonds is 4. The second-order valence-corrected chi connectivity index (χ2v) is 7.32. The van der Waals surface area contributed by atoms with E-state index in [1.807, 2.05) is 30.3 Å². The Morgan fingerprint density at radius 2 is 1.83 bits per heavy atom. The first-order chi connectivity index (χ1) is 14.1. The van der Waals surface area contributed by atoms with Crippen LogP contribution in [0.25, 0.3) is 21.0 Å². The first-order valence-electron chi connectivity index (χ1n) is 9.08. The van der Waals surface area contributed by atoms with Gasteiger partial charge in [-0.05, 0) is 35.9 Å². The van der Waals surface area contributed by atoms with Gasteiger partial charge in [0, 0.05) is 5.56 Å². The summed E-state index contributed by atoms with van der Waals surface area (Å²) in [5, 5.41) is 1.71. The largest absolute Gasteiger partial charge is 0.465 e. The lowest BCUT2D eigenvalue weighted by molar-refractivity contribution is -0.143. The number of ether oxygens (including phenoxy) is 1. The standard InChI is InChI=1S/C22H17FN2O3S/c1-2-28-19(26)13-25-20-17(23)11-6-12-18(20)29-22(25)24-21(27)16-10-5-8-14-7-3-4-9-15(14)16/h3-12H,2,13H2,1H3. The molecule has 0 saturated carbocycles. The van der Waals surface area contributed by atoms with Crippen LogP contribution in [0.4, 0.5) is 4.39 Å². The monoisotopic (exact) mass is 408 g/mol. The van der Waals surface area contributed by atoms with E-state index in [0.29, 0.717) is 10.3 Å². The summed E-state index contributed by atoms with van der Waals surface area (Å²) < 4.78 is 21.5. The van der Waals surface area contributed by atoms with Gasteiger partial charge < -0.3 is 9.30 Å². The Kier molecular flexibility index (Phi) is 5.22. The van der Waals surface area contributed by atoms with Crippen molar-refractivity contribution in [1.29, 1.82) is 0 Å². The lowest BCUT2D eigenvalue weighted by Crippen LogP contribution is -2.23. The first kappa shape index (κ1) is 19.0. The molecule has 0 unspecified atom stereocenters. The van der Waals surface area contributed by atoms with Crippen LogP contribution in [0.1, 0.15) is 17.3 Å². The zero-order valence-electron chi connectivity index (χ0n) is 15.6. The summed E-state index contributed by atoms with van der Waals surface area (Å²) in [6.07, 6.45) is 0. The van der Waals surface area contributed by atoms with Crippen molar-refractivity contribution in [3.05, 3.63) is 76.8 Å². The molecule has 7 heteroatoms. The molecule has 0 N–H and O–H groups in total. The number of fused-ring (bicyclic) bond motifs is 2. The maximum absolute atomic E-state index is 14.5. The Morgan fingerprint density at radius 1 is 1.07 bits per heavy atom. The number of nitrogens with zero attached hydrogens (tertiary/aromatic N) is 2. The molecule has 4 rings (SSSR count). The lowest BCUT2D eigenvalue weighted by Gasteiger charge is -2.06. The van der Waals surface area contributed by atoms with Crippen LogP contribution < -0.4 is 4.80 Å². The number of amides is 1. The average molecular weight is 408 g/mol. The molecule has 0 saturated heterocycles. The van der Waals surface area contributed by atoms with Gasteiger partial charge in [0.1, 0.15) is 12.4 Å². The quantitative estimate of drug-likeness (QED) is 0.473. The van der Waals surface area contributed by atoms with Crippen LogP contribution in [-0.2, 0) is 16.1 Å². The van der Waals surface area contributed by atoms with Crippen molar-refractivity contribution in [2.45, 2.75) is 13.5 Å². The number of thiazole rings is 1. The minimum absolute atomic E-state index is 0.214. The molecule has 0 atom stereocenters. The van der Waals surface area contributed by atoms with E-state index in [4.69, 9.17) is 4.74 Å². The summed E-state index contributed by atoms with van der Waals surface area (Å²) in [6, 6.07) is 17.6. The zero-order valence-corrected chi connectivity index (χ0v) is 16.4. The van der Waals surface area contributed by atoms with Gasteiger partial charge in [0.2, 0.25) is 0 Å². The molecule has 1 heterocycles. The minimum atomic E-state index is -0.519. The molecule has 1 aromatic heterocycles. The van der Waals surface area contributed by atoms with Crippen LogP contribution in [0.3, 0.4) is 0 Å². The average Bonchev–Trinajstić information content (AvgIpc) is 3.05. The molecule has 0 aliphatic heterocycles. The Balaban J connectivity index is 1.88. The third kappa shape index (κ3) is 3.69. The Morgan fingerprint density at radius 3 is 2.66 bits per heavy atom. The number of aromatic nitrogens is 1. The maximum Gasteiger partial charge on any atom is 0.326 e. The number of hydrogen-bond acceptors (Lipinski definition) is 4. The van der Waals surface area contributed by atoms with Crippen LogP contribution in [0.5, 0.6) is 0 Å². The highest BCUT2D eigenvalue weighted by Gasteiger charge is 2.16. The van der Waals surface area contributed by atoms with E-state index in [1.54, 1.807) is 31.2 Å². The van der Waals surface area contributed by atoms with Crippen molar-refractivity contribution in [3.8, 4) is 0 Å². The van der Waals surface area contributed by atoms with Gasteiger partial charge in [0.05, 0.1) is 16.8 Å². The fourth-order valence-electron chi connectivity index (χ4n) is 3.21. The van der Waals surface area contributed by atoms with Gasteiger partial charge >= 0.3 is 5.97 Å². The summed E-state index contributed by atoms with van der Waals surface area (Å²) in [5.74, 6) is -1.46. The maximum atomic E-state index is 14.5. The van der Waals surface area contributed by atoms with Crippen LogP contribution in [0, 0.1) is 5.82 Å². The summed E-state index contributed by atoms with van der Waals surface area (Å²) in [4.78, 5) is 29.5. The molecule has 0 fully saturated rings. The van der Waals surface area contributed by atoms with Gasteiger partial charge in [-0.3, -0.25) is 9.59 Å². The van der Waals surface area contributed by atoms with Crippen LogP contribution in [-0.4, -0.2) is 23.1 Å². The number of halogens is 1. The van der Waals surface area contributed by atoms with E-state index in [0.717, 1.165) is 22.1 Å². The Bertz CT molecular complexity index is 1300. The van der Waals surface area contributed by atoms with Gasteiger partial charge in [-0.25, -0.2) is 4.39 Å². The summed E-state index contributed by atoms with van der Waals surface area (Å²) >= 11 is 1.15. The molecule has 29 heavy (non-hydrogen) atoms. The molecule has 4 aromatic rings. The normalized spacial score (nSPS) is 11.9. The van der Waals surface area contributed by atoms with Crippen LogP contribution >= 0.6 is 11.3 Å². The second-order valence-electron chi connectivity index (χ2n) is 6.31. The molecule has 3 aromatic carbocycles. The topological polar surface area (TPSA) is 60.7 Å². The SMILES string of the molecule is CCOC(=O)Cn1c(=NC(=O)c2cccc3ccccc23)sc2cccc(F)c21. The van der Waals surface area contributed by atoms with Crippen molar-refractivity contribution < 1.29 is 18.7 Å². The predicted molar refractivity (Wildman–Crippen MR) is 110 cm³/mol. The minimum Gasteiger partial charge on any atom is -0.465 e. The van der Waals surface area contributed by atoms with E-state index in [9.17, 15) is 14.0 Å². The highest BCUT2D eigenvalue weighted by molar-refractivity contribution is 7.16. The summed E-state index contributed by atoms with van der Waals surface area (Å²) in [7, 11) is 0. The van der Waals surface area contributed by atoms with Gasteiger partial charge in [0.15, 0.2) is 4.80 Å². The molecular weight excluding hydrogens is 391 g/mol. The third-order valence-corrected chi connectivity index (χ3v) is 5.51. The summed E-state index contributed by atoms with van der Waals surface area (Å²) in [5.41, 5.74) is 0.679. The van der Waals surface area contributed by atoms with E-state index < -0.39 is 17.7 Å². The molecule has 0 aliphatic carbocycles. The smallest absolute Gasteiger partial charge is 0.326 e. The zero-order chi connectivity index (χ0) is 20.4. The number of esters is 1. The van der Waals surface area contributed by atoms with Gasteiger partial charge in [0.25, 0.3) is 5.91 Å². The van der Waals surface area contributed by atoms with E-state index in [2.05, 4.69) is 4.99 Å². The van der Waals surface area contributed by atoms with Gasteiger partial charge in [-0.2, -0.15) is 4.99 Å². The van der Waals surface area contributed by atoms with E-state index in [-0.39, 0.29) is 23.5 Å². The predicted octanol–water partition coefficient (Wildman–Crippen LogP) is 4.30. The number of carbonyl (C=O) groups is 2. The van der Waals surface area contributed by atoms with Gasteiger partial charge in [-0.15, -0.1) is 0 Å². The Labute approximate surface area is 169 Å². The third-order valence-electron chi connectivity index (χ3n) is 4.46. The molecule has 1 amide bonds. The fourth-order valence-corrected chi connectivity index (χ4v) is 4.26. The molecule has 5 nitrogen and oxygen atoms in total. The molecular formula is C22H17FN2O3S. The van der Waals surface area contributed by atoms with Crippen LogP contribution in [0.15, 0.2) is 65.7 Å². The van der Waals surface area contributed by atoms with Crippen molar-refractivity contribution in [2.24, 2.45) is 4.99 Å². The van der Waals surface area contributed by atoms with Crippen molar-refractivity contribution in [1.82, 2.24) is 4.57 Å². The van der Waals surface area contributed by atoms with Gasteiger partial charge in [-0.1, -0.05) is 53.8 Å². The highest BCUT2D eigenvalue weighted by atomic mass is 32.1. The van der Waals surface area contributed by atoms with Crippen LogP contribution in [0.2, 0.25) is 0 Å². The number of para-hydroxylation sites is 1. The fraction of sp³-hybridized carbons (Fsp3) is 0.136. The molecule has 0 bridgehead atoms. The number of hydrogen-bond donors (Lipinski definition) is 0. The van der Waals surface area contributed by atoms with Crippen molar-refractivity contribution in [3.63, 3.8) is 0 Å². The highest BCUT2D eigenvalue weighted by Crippen LogP contribution is 2.22. The van der Waals surface area contributed by atoms with E-state index >= 15 is 0 Å². The lowest BCUT2D eigenvalue weighted by atomic mass is 10.0. The first-order valence-corrected chi connectivity index (χ1v) is 9.90. The number of carbonyl (C=O) groups excluding carboxylic acids is 2. The molecule has 146 valence electrons. The Hall–Kier alpha value is -3.32. The number of benzene rings is 3. The molecule has 0 spiro atoms. The molecule has 0 radical (unpaired) electrons. The molecule has 0 aliphatic rings. The second kappa shape index (κ2) is 7.97. The van der Waals surface area contributed by atoms with E-state index in [1.165, 1.54) is 10.6 Å². The van der Waals surface area contributed by atoms with Crippen molar-refractivity contribution in [2.75, 3.05) is 6.61 Å². The summed E-state index contributed by atoms with van der Waals surface area (Å²) in [6.45, 7) is 1.69.